The van der Waals surface area contributed by atoms with Crippen LogP contribution in [0, 0.1) is 9.49 Å². The first-order chi connectivity index (χ1) is 8.60. The van der Waals surface area contributed by atoms with Crippen LogP contribution in [-0.2, 0) is 4.74 Å². The van der Waals surface area contributed by atoms with Crippen molar-refractivity contribution < 1.29 is 4.74 Å². The van der Waals surface area contributed by atoms with E-state index in [1.807, 2.05) is 0 Å². The minimum Gasteiger partial charge on any atom is -0.385 e. The van der Waals surface area contributed by atoms with Crippen molar-refractivity contribution >= 4 is 38.5 Å². The number of hydrogen-bond acceptors (Lipinski definition) is 2. The van der Waals surface area contributed by atoms with E-state index < -0.39 is 0 Å². The molecule has 2 atom stereocenters. The second-order valence-electron chi connectivity index (χ2n) is 4.46. The predicted molar refractivity (Wildman–Crippen MR) is 88.9 cm³/mol. The molecule has 0 saturated carbocycles. The molecule has 0 saturated heterocycles. The zero-order valence-corrected chi connectivity index (χ0v) is 14.9. The lowest BCUT2D eigenvalue weighted by Crippen LogP contribution is -2.28. The van der Waals surface area contributed by atoms with Crippen molar-refractivity contribution in [1.29, 1.82) is 0 Å². The van der Waals surface area contributed by atoms with Gasteiger partial charge in [-0.1, -0.05) is 29.8 Å². The molecule has 1 aromatic rings. The minimum atomic E-state index is 0.370. The van der Waals surface area contributed by atoms with E-state index in [4.69, 9.17) is 4.74 Å². The summed E-state index contributed by atoms with van der Waals surface area (Å²) in [6.45, 7) is 6.21. The van der Waals surface area contributed by atoms with Crippen molar-refractivity contribution in [3.8, 4) is 0 Å². The second-order valence-corrected chi connectivity index (χ2v) is 6.56. The van der Waals surface area contributed by atoms with E-state index in [0.29, 0.717) is 12.0 Å². The van der Waals surface area contributed by atoms with Gasteiger partial charge in [-0.05, 0) is 65.2 Å². The van der Waals surface area contributed by atoms with Crippen molar-refractivity contribution in [3.05, 3.63) is 31.8 Å². The van der Waals surface area contributed by atoms with Gasteiger partial charge in [0.2, 0.25) is 0 Å². The molecule has 0 spiro atoms. The lowest BCUT2D eigenvalue weighted by Gasteiger charge is -2.26. The molecule has 0 aliphatic heterocycles. The van der Waals surface area contributed by atoms with Gasteiger partial charge in [-0.15, -0.1) is 0 Å². The van der Waals surface area contributed by atoms with Gasteiger partial charge >= 0.3 is 0 Å². The summed E-state index contributed by atoms with van der Waals surface area (Å²) in [5.74, 6) is 0.541. The molecule has 0 fully saturated rings. The van der Waals surface area contributed by atoms with Gasteiger partial charge in [0.1, 0.15) is 0 Å². The fourth-order valence-electron chi connectivity index (χ4n) is 2.06. The van der Waals surface area contributed by atoms with Crippen LogP contribution in [0.2, 0.25) is 0 Å². The molecular formula is C14H21BrINO. The molecule has 2 unspecified atom stereocenters. The number of ether oxygens (including phenoxy) is 1. The largest absolute Gasteiger partial charge is 0.385 e. The van der Waals surface area contributed by atoms with E-state index in [9.17, 15) is 0 Å². The normalized spacial score (nSPS) is 14.5. The maximum Gasteiger partial charge on any atom is 0.0465 e. The van der Waals surface area contributed by atoms with Gasteiger partial charge in [0.25, 0.3) is 0 Å². The molecule has 1 aromatic carbocycles. The van der Waals surface area contributed by atoms with E-state index in [0.717, 1.165) is 19.6 Å². The molecular weight excluding hydrogens is 405 g/mol. The van der Waals surface area contributed by atoms with Crippen LogP contribution < -0.4 is 5.32 Å². The molecule has 0 radical (unpaired) electrons. The van der Waals surface area contributed by atoms with Crippen LogP contribution in [0.4, 0.5) is 0 Å². The Morgan fingerprint density at radius 1 is 1.44 bits per heavy atom. The summed E-state index contributed by atoms with van der Waals surface area (Å²) in [5.41, 5.74) is 1.34. The molecule has 1 rings (SSSR count). The smallest absolute Gasteiger partial charge is 0.0465 e. The van der Waals surface area contributed by atoms with Gasteiger partial charge in [-0.25, -0.2) is 0 Å². The van der Waals surface area contributed by atoms with Crippen molar-refractivity contribution in [3.63, 3.8) is 0 Å². The van der Waals surface area contributed by atoms with Crippen LogP contribution in [0.5, 0.6) is 0 Å². The highest BCUT2D eigenvalue weighted by Gasteiger charge is 2.20. The second kappa shape index (κ2) is 8.51. The summed E-state index contributed by atoms with van der Waals surface area (Å²) >= 11 is 6.03. The number of methoxy groups -OCH3 is 1. The van der Waals surface area contributed by atoms with E-state index in [2.05, 4.69) is 75.9 Å². The minimum absolute atomic E-state index is 0.370. The molecule has 0 aliphatic rings. The van der Waals surface area contributed by atoms with Gasteiger partial charge in [0.05, 0.1) is 0 Å². The topological polar surface area (TPSA) is 21.3 Å². The van der Waals surface area contributed by atoms with Gasteiger partial charge in [-0.2, -0.15) is 0 Å². The Morgan fingerprint density at radius 3 is 2.78 bits per heavy atom. The molecule has 18 heavy (non-hydrogen) atoms. The fourth-order valence-corrected chi connectivity index (χ4v) is 3.07. The predicted octanol–water partition coefficient (Wildman–Crippen LogP) is 4.38. The number of nitrogens with one attached hydrogen (secondary N) is 1. The lowest BCUT2D eigenvalue weighted by atomic mass is 9.92. The highest BCUT2D eigenvalue weighted by atomic mass is 127. The molecule has 0 amide bonds. The van der Waals surface area contributed by atoms with Crippen molar-refractivity contribution in [2.24, 2.45) is 5.92 Å². The third-order valence-electron chi connectivity index (χ3n) is 3.06. The first kappa shape index (κ1) is 16.4. The zero-order valence-electron chi connectivity index (χ0n) is 11.2. The van der Waals surface area contributed by atoms with Gasteiger partial charge in [0, 0.05) is 27.8 Å². The van der Waals surface area contributed by atoms with Crippen LogP contribution >= 0.6 is 38.5 Å². The maximum absolute atomic E-state index is 5.19. The Morgan fingerprint density at radius 2 is 2.17 bits per heavy atom. The SMILES string of the molecule is CCNC(c1cc(I)ccc1Br)C(C)CCOC. The first-order valence-electron chi connectivity index (χ1n) is 6.27. The lowest BCUT2D eigenvalue weighted by molar-refractivity contribution is 0.170. The molecule has 1 N–H and O–H groups in total. The summed E-state index contributed by atoms with van der Waals surface area (Å²) in [6, 6.07) is 6.87. The number of halogens is 2. The van der Waals surface area contributed by atoms with Gasteiger partial charge in [-0.3, -0.25) is 0 Å². The summed E-state index contributed by atoms with van der Waals surface area (Å²) in [6.07, 6.45) is 1.06. The third-order valence-corrected chi connectivity index (χ3v) is 4.46. The zero-order chi connectivity index (χ0) is 13.5. The molecule has 0 aromatic heterocycles. The number of hydrogen-bond donors (Lipinski definition) is 1. The molecule has 4 heteroatoms. The van der Waals surface area contributed by atoms with Gasteiger partial charge in [0.15, 0.2) is 0 Å². The summed E-state index contributed by atoms with van der Waals surface area (Å²) in [7, 11) is 1.76. The first-order valence-corrected chi connectivity index (χ1v) is 8.14. The molecule has 2 nitrogen and oxygen atoms in total. The van der Waals surface area contributed by atoms with Crippen molar-refractivity contribution in [1.82, 2.24) is 5.32 Å². The van der Waals surface area contributed by atoms with E-state index in [1.54, 1.807) is 7.11 Å². The third kappa shape index (κ3) is 4.79. The van der Waals surface area contributed by atoms with Crippen LogP contribution in [0.15, 0.2) is 22.7 Å². The Balaban J connectivity index is 2.92. The van der Waals surface area contributed by atoms with Crippen LogP contribution in [0.25, 0.3) is 0 Å². The number of benzene rings is 1. The molecule has 0 bridgehead atoms. The van der Waals surface area contributed by atoms with E-state index in [-0.39, 0.29) is 0 Å². The van der Waals surface area contributed by atoms with E-state index in [1.165, 1.54) is 13.6 Å². The average Bonchev–Trinajstić information content (AvgIpc) is 2.36. The average molecular weight is 426 g/mol. The maximum atomic E-state index is 5.19. The highest BCUT2D eigenvalue weighted by molar-refractivity contribution is 14.1. The van der Waals surface area contributed by atoms with Crippen LogP contribution in [0.3, 0.4) is 0 Å². The van der Waals surface area contributed by atoms with Crippen molar-refractivity contribution in [2.45, 2.75) is 26.3 Å². The number of rotatable bonds is 7. The Kier molecular flexibility index (Phi) is 7.75. The Hall–Kier alpha value is 0.350. The van der Waals surface area contributed by atoms with Crippen LogP contribution in [0.1, 0.15) is 31.9 Å². The molecule has 102 valence electrons. The quantitative estimate of drug-likeness (QED) is 0.654. The molecule has 0 aliphatic carbocycles. The van der Waals surface area contributed by atoms with Crippen LogP contribution in [-0.4, -0.2) is 20.3 Å². The highest BCUT2D eigenvalue weighted by Crippen LogP contribution is 2.31. The molecule has 0 heterocycles. The van der Waals surface area contributed by atoms with Crippen molar-refractivity contribution in [2.75, 3.05) is 20.3 Å². The summed E-state index contributed by atoms with van der Waals surface area (Å²) < 4.78 is 7.64. The summed E-state index contributed by atoms with van der Waals surface area (Å²) in [5, 5.41) is 3.59. The fraction of sp³-hybridized carbons (Fsp3) is 0.571. The monoisotopic (exact) mass is 425 g/mol. The summed E-state index contributed by atoms with van der Waals surface area (Å²) in [4.78, 5) is 0. The standard InChI is InChI=1S/C14H21BrINO/c1-4-17-14(10(2)7-8-18-3)12-9-11(16)5-6-13(12)15/h5-6,9-10,14,17H,4,7-8H2,1-3H3. The van der Waals surface area contributed by atoms with E-state index >= 15 is 0 Å². The Labute approximate surface area is 132 Å². The Bertz CT molecular complexity index is 373. The van der Waals surface area contributed by atoms with Gasteiger partial charge < -0.3 is 10.1 Å².